The first-order valence-electron chi connectivity index (χ1n) is 14.7. The van der Waals surface area contributed by atoms with Crippen LogP contribution >= 0.6 is 11.3 Å². The second-order valence-electron chi connectivity index (χ2n) is 10.6. The number of hydrogen-bond donors (Lipinski definition) is 3. The van der Waals surface area contributed by atoms with E-state index in [9.17, 15) is 9.90 Å². The standard InChI is InChI=1S/C35H40N2O3S.CH4O/c1-24(26(3)34-25(2)19-28(21-32(34)38)11-7-6-10-18-36-35(39)40-4)20-31-23-37-33(41-31)22-27-14-16-30(17-15-27)29-12-8-5-9-13-29;1-2/h8,10,12-18,21,23-24,38H,2-3,5-7,9,11,19-20,22H2,1,4H3,(H,36,39);2H,1H3/b18-10+;. The molecule has 1 heterocycles. The van der Waals surface area contributed by atoms with Crippen molar-refractivity contribution in [1.82, 2.24) is 10.3 Å². The molecule has 1 unspecified atom stereocenters. The maximum absolute atomic E-state index is 11.1. The monoisotopic (exact) mass is 600 g/mol. The van der Waals surface area contributed by atoms with Gasteiger partial charge in [-0.25, -0.2) is 9.78 Å². The highest BCUT2D eigenvalue weighted by molar-refractivity contribution is 7.11. The van der Waals surface area contributed by atoms with Crippen molar-refractivity contribution in [1.29, 1.82) is 0 Å². The first kappa shape index (κ1) is 33.6. The zero-order valence-corrected chi connectivity index (χ0v) is 26.4. The molecule has 2 aromatic rings. The molecule has 2 aliphatic rings. The Bertz CT molecular complexity index is 1420. The van der Waals surface area contributed by atoms with E-state index in [-0.39, 0.29) is 11.7 Å². The summed E-state index contributed by atoms with van der Waals surface area (Å²) < 4.78 is 4.53. The number of rotatable bonds is 12. The van der Waals surface area contributed by atoms with Gasteiger partial charge in [0.1, 0.15) is 5.76 Å². The summed E-state index contributed by atoms with van der Waals surface area (Å²) in [6.07, 6.45) is 20.8. The summed E-state index contributed by atoms with van der Waals surface area (Å²) in [7, 11) is 2.33. The molecule has 0 aliphatic heterocycles. The van der Waals surface area contributed by atoms with Crippen LogP contribution in [-0.4, -0.2) is 35.5 Å². The lowest BCUT2D eigenvalue weighted by Crippen LogP contribution is -2.15. The number of alkyl carbamates (subject to hydrolysis) is 1. The SMILES string of the molecule is C=C1CC(CCC/C=C/NC(=O)OC)=CC(O)=C1C(=C)C(C)Cc1cnc(Cc2ccc(C3=CCCC=C3)cc2)s1.CO. The van der Waals surface area contributed by atoms with Gasteiger partial charge >= 0.3 is 6.09 Å². The molecule has 228 valence electrons. The molecule has 0 saturated heterocycles. The van der Waals surface area contributed by atoms with E-state index in [0.717, 1.165) is 85.8 Å². The van der Waals surface area contributed by atoms with Crippen LogP contribution in [-0.2, 0) is 17.6 Å². The second-order valence-corrected chi connectivity index (χ2v) is 11.8. The third-order valence-electron chi connectivity index (χ3n) is 7.43. The predicted molar refractivity (Wildman–Crippen MR) is 178 cm³/mol. The molecular weight excluding hydrogens is 556 g/mol. The molecule has 0 radical (unpaired) electrons. The Morgan fingerprint density at radius 1 is 1.23 bits per heavy atom. The van der Waals surface area contributed by atoms with E-state index in [2.05, 4.69) is 72.6 Å². The largest absolute Gasteiger partial charge is 0.507 e. The molecule has 0 bridgehead atoms. The van der Waals surface area contributed by atoms with Crippen LogP contribution in [0.15, 0.2) is 108 Å². The first-order chi connectivity index (χ1) is 20.8. The van der Waals surface area contributed by atoms with Crippen molar-refractivity contribution in [2.24, 2.45) is 5.92 Å². The van der Waals surface area contributed by atoms with E-state index in [1.807, 2.05) is 18.3 Å². The maximum Gasteiger partial charge on any atom is 0.410 e. The molecule has 2 aliphatic carbocycles. The number of benzene rings is 1. The molecule has 43 heavy (non-hydrogen) atoms. The number of methoxy groups -OCH3 is 1. The van der Waals surface area contributed by atoms with Crippen LogP contribution in [0.4, 0.5) is 4.79 Å². The fourth-order valence-electron chi connectivity index (χ4n) is 5.14. The van der Waals surface area contributed by atoms with Crippen molar-refractivity contribution in [2.75, 3.05) is 14.2 Å². The average Bonchev–Trinajstić information content (AvgIpc) is 3.46. The number of unbranched alkanes of at least 4 members (excludes halogenated alkanes) is 1. The van der Waals surface area contributed by atoms with Gasteiger partial charge in [0, 0.05) is 36.4 Å². The van der Waals surface area contributed by atoms with Gasteiger partial charge in [-0.15, -0.1) is 11.3 Å². The molecule has 1 aromatic carbocycles. The number of aliphatic hydroxyl groups excluding tert-OH is 2. The highest BCUT2D eigenvalue weighted by atomic mass is 32.1. The number of nitrogens with one attached hydrogen (secondary N) is 1. The lowest BCUT2D eigenvalue weighted by atomic mass is 9.82. The average molecular weight is 601 g/mol. The van der Waals surface area contributed by atoms with Gasteiger partial charge in [-0.05, 0) is 84.8 Å². The topological polar surface area (TPSA) is 91.7 Å². The lowest BCUT2D eigenvalue weighted by molar-refractivity contribution is 0.175. The van der Waals surface area contributed by atoms with E-state index in [0.29, 0.717) is 0 Å². The van der Waals surface area contributed by atoms with Gasteiger partial charge in [-0.2, -0.15) is 0 Å². The number of carbonyl (C=O) groups is 1. The summed E-state index contributed by atoms with van der Waals surface area (Å²) in [6.45, 7) is 10.8. The highest BCUT2D eigenvalue weighted by Gasteiger charge is 2.22. The minimum absolute atomic E-state index is 0.149. The predicted octanol–water partition coefficient (Wildman–Crippen LogP) is 8.55. The van der Waals surface area contributed by atoms with Gasteiger partial charge in [0.15, 0.2) is 0 Å². The zero-order valence-electron chi connectivity index (χ0n) is 25.6. The van der Waals surface area contributed by atoms with Crippen LogP contribution in [0.5, 0.6) is 0 Å². The number of carbonyl (C=O) groups excluding carboxylic acids is 1. The van der Waals surface area contributed by atoms with Gasteiger partial charge in [-0.3, -0.25) is 5.32 Å². The van der Waals surface area contributed by atoms with E-state index in [1.165, 1.54) is 28.7 Å². The number of allylic oxidation sites excluding steroid dienone is 10. The number of aromatic nitrogens is 1. The molecule has 0 fully saturated rings. The Morgan fingerprint density at radius 3 is 2.67 bits per heavy atom. The molecule has 0 saturated carbocycles. The smallest absolute Gasteiger partial charge is 0.410 e. The van der Waals surface area contributed by atoms with E-state index < -0.39 is 6.09 Å². The molecule has 7 heteroatoms. The van der Waals surface area contributed by atoms with Crippen molar-refractivity contribution in [3.8, 4) is 0 Å². The molecule has 0 spiro atoms. The lowest BCUT2D eigenvalue weighted by Gasteiger charge is -2.24. The third-order valence-corrected chi connectivity index (χ3v) is 8.45. The van der Waals surface area contributed by atoms with Crippen LogP contribution < -0.4 is 5.32 Å². The number of hydrogen-bond acceptors (Lipinski definition) is 6. The normalized spacial score (nSPS) is 15.4. The second kappa shape index (κ2) is 17.2. The minimum Gasteiger partial charge on any atom is -0.507 e. The van der Waals surface area contributed by atoms with Crippen LogP contribution in [0.25, 0.3) is 5.57 Å². The Balaban J connectivity index is 0.00000248. The summed E-state index contributed by atoms with van der Waals surface area (Å²) in [5, 5.41) is 21.5. The Morgan fingerprint density at radius 2 is 2.00 bits per heavy atom. The highest BCUT2D eigenvalue weighted by Crippen LogP contribution is 2.37. The fourth-order valence-corrected chi connectivity index (χ4v) is 6.23. The Hall–Kier alpha value is -3.94. The van der Waals surface area contributed by atoms with Gasteiger partial charge in [0.2, 0.25) is 0 Å². The molecule has 4 rings (SSSR count). The van der Waals surface area contributed by atoms with Gasteiger partial charge in [-0.1, -0.05) is 74.2 Å². The minimum atomic E-state index is -0.480. The van der Waals surface area contributed by atoms with Crippen molar-refractivity contribution in [3.05, 3.63) is 129 Å². The van der Waals surface area contributed by atoms with Crippen LogP contribution in [0.1, 0.15) is 66.5 Å². The Kier molecular flexibility index (Phi) is 13.5. The van der Waals surface area contributed by atoms with E-state index >= 15 is 0 Å². The van der Waals surface area contributed by atoms with Crippen molar-refractivity contribution >= 4 is 23.0 Å². The molecule has 1 aromatic heterocycles. The van der Waals surface area contributed by atoms with Crippen LogP contribution in [0.2, 0.25) is 0 Å². The zero-order chi connectivity index (χ0) is 31.2. The van der Waals surface area contributed by atoms with Gasteiger partial charge < -0.3 is 14.9 Å². The van der Waals surface area contributed by atoms with E-state index in [4.69, 9.17) is 10.1 Å². The van der Waals surface area contributed by atoms with Crippen LogP contribution in [0, 0.1) is 5.92 Å². The number of ether oxygens (including phenoxy) is 1. The summed E-state index contributed by atoms with van der Waals surface area (Å²) in [6, 6.07) is 8.82. The van der Waals surface area contributed by atoms with Gasteiger partial charge in [0.25, 0.3) is 0 Å². The number of nitrogens with zero attached hydrogens (tertiary/aromatic N) is 1. The molecular formula is C36H44N2O4S. The third kappa shape index (κ3) is 10.1. The fraction of sp³-hybridized carbons (Fsp3) is 0.333. The summed E-state index contributed by atoms with van der Waals surface area (Å²) in [5.74, 6) is 0.402. The van der Waals surface area contributed by atoms with E-state index in [1.54, 1.807) is 17.5 Å². The van der Waals surface area contributed by atoms with Gasteiger partial charge in [0.05, 0.1) is 12.1 Å². The number of aliphatic hydroxyl groups is 2. The summed E-state index contributed by atoms with van der Waals surface area (Å²) >= 11 is 1.75. The molecule has 3 N–H and O–H groups in total. The van der Waals surface area contributed by atoms with Crippen LogP contribution in [0.3, 0.4) is 0 Å². The number of thiazole rings is 1. The summed E-state index contributed by atoms with van der Waals surface area (Å²) in [4.78, 5) is 17.0. The van der Waals surface area contributed by atoms with Crippen molar-refractivity contribution in [3.63, 3.8) is 0 Å². The van der Waals surface area contributed by atoms with Crippen molar-refractivity contribution in [2.45, 2.75) is 58.3 Å². The number of amides is 1. The quantitative estimate of drug-likeness (QED) is 0.212. The van der Waals surface area contributed by atoms with Crippen molar-refractivity contribution < 1.29 is 19.7 Å². The summed E-state index contributed by atoms with van der Waals surface area (Å²) in [5.41, 5.74) is 7.60. The molecule has 1 amide bonds. The Labute approximate surface area is 260 Å². The first-order valence-corrected chi connectivity index (χ1v) is 15.5. The molecule has 6 nitrogen and oxygen atoms in total. The maximum atomic E-state index is 11.1. The molecule has 1 atom stereocenters.